The molecule has 0 amide bonds. The van der Waals surface area contributed by atoms with Crippen LogP contribution in [0.1, 0.15) is 31.4 Å². The SMILES string of the molecule is Cc1cccc(C2(N)CC2(C)C)c1OC(F)F. The molecule has 1 unspecified atom stereocenters. The number of nitrogens with two attached hydrogens (primary N) is 1. The van der Waals surface area contributed by atoms with E-state index in [9.17, 15) is 8.78 Å². The summed E-state index contributed by atoms with van der Waals surface area (Å²) in [5, 5.41) is 0. The summed E-state index contributed by atoms with van der Waals surface area (Å²) in [5.74, 6) is 0.232. The molecule has 1 saturated carbocycles. The first-order valence-electron chi connectivity index (χ1n) is 5.62. The van der Waals surface area contributed by atoms with Gasteiger partial charge in [-0.15, -0.1) is 0 Å². The van der Waals surface area contributed by atoms with Crippen LogP contribution in [0.4, 0.5) is 8.78 Å². The van der Waals surface area contributed by atoms with Gasteiger partial charge in [-0.3, -0.25) is 0 Å². The number of aryl methyl sites for hydroxylation is 1. The quantitative estimate of drug-likeness (QED) is 0.882. The van der Waals surface area contributed by atoms with Crippen molar-refractivity contribution in [2.75, 3.05) is 0 Å². The summed E-state index contributed by atoms with van der Waals surface area (Å²) in [6, 6.07) is 5.35. The minimum Gasteiger partial charge on any atom is -0.434 e. The van der Waals surface area contributed by atoms with E-state index in [1.165, 1.54) is 0 Å². The highest BCUT2D eigenvalue weighted by Gasteiger charge is 2.60. The van der Waals surface area contributed by atoms with E-state index in [0.717, 1.165) is 6.42 Å². The fourth-order valence-electron chi connectivity index (χ4n) is 2.36. The van der Waals surface area contributed by atoms with Gasteiger partial charge in [-0.2, -0.15) is 8.78 Å². The van der Waals surface area contributed by atoms with Crippen molar-refractivity contribution in [3.63, 3.8) is 0 Å². The maximum atomic E-state index is 12.4. The Bertz CT molecular complexity index is 445. The largest absolute Gasteiger partial charge is 0.434 e. The molecule has 1 aromatic rings. The lowest BCUT2D eigenvalue weighted by Gasteiger charge is -2.21. The Morgan fingerprint density at radius 1 is 1.35 bits per heavy atom. The van der Waals surface area contributed by atoms with Crippen molar-refractivity contribution in [2.24, 2.45) is 11.1 Å². The van der Waals surface area contributed by atoms with E-state index in [4.69, 9.17) is 5.73 Å². The molecule has 0 bridgehead atoms. The molecule has 0 aliphatic heterocycles. The molecule has 0 saturated heterocycles. The number of para-hydroxylation sites is 1. The zero-order valence-electron chi connectivity index (χ0n) is 10.3. The van der Waals surface area contributed by atoms with Crippen LogP contribution in [0.5, 0.6) is 5.75 Å². The van der Waals surface area contributed by atoms with Crippen LogP contribution in [0.3, 0.4) is 0 Å². The first-order valence-corrected chi connectivity index (χ1v) is 5.62. The number of hydrogen-bond acceptors (Lipinski definition) is 2. The summed E-state index contributed by atoms with van der Waals surface area (Å²) in [4.78, 5) is 0. The lowest BCUT2D eigenvalue weighted by Crippen LogP contribution is -2.27. The van der Waals surface area contributed by atoms with Gasteiger partial charge < -0.3 is 10.5 Å². The van der Waals surface area contributed by atoms with Crippen molar-refractivity contribution in [1.29, 1.82) is 0 Å². The van der Waals surface area contributed by atoms with Crippen molar-refractivity contribution >= 4 is 0 Å². The third-order valence-electron chi connectivity index (χ3n) is 3.70. The van der Waals surface area contributed by atoms with Crippen LogP contribution in [0.15, 0.2) is 18.2 Å². The number of benzene rings is 1. The molecule has 1 aromatic carbocycles. The topological polar surface area (TPSA) is 35.2 Å². The fraction of sp³-hybridized carbons (Fsp3) is 0.538. The summed E-state index contributed by atoms with van der Waals surface area (Å²) in [6.07, 6.45) is 0.781. The predicted octanol–water partition coefficient (Wildman–Crippen LogP) is 3.18. The molecule has 2 N–H and O–H groups in total. The van der Waals surface area contributed by atoms with Gasteiger partial charge in [-0.05, 0) is 24.3 Å². The Labute approximate surface area is 99.8 Å². The van der Waals surface area contributed by atoms with Gasteiger partial charge in [0.15, 0.2) is 0 Å². The van der Waals surface area contributed by atoms with E-state index in [0.29, 0.717) is 11.1 Å². The van der Waals surface area contributed by atoms with Crippen molar-refractivity contribution in [2.45, 2.75) is 39.3 Å². The Balaban J connectivity index is 2.45. The van der Waals surface area contributed by atoms with Gasteiger partial charge in [0.05, 0.1) is 5.54 Å². The molecule has 1 fully saturated rings. The first-order chi connectivity index (χ1) is 7.78. The third kappa shape index (κ3) is 1.90. The van der Waals surface area contributed by atoms with Gasteiger partial charge in [0, 0.05) is 5.56 Å². The lowest BCUT2D eigenvalue weighted by molar-refractivity contribution is -0.0512. The molecule has 4 heteroatoms. The molecule has 17 heavy (non-hydrogen) atoms. The summed E-state index contributed by atoms with van der Waals surface area (Å²) >= 11 is 0. The van der Waals surface area contributed by atoms with E-state index < -0.39 is 12.2 Å². The third-order valence-corrected chi connectivity index (χ3v) is 3.70. The number of halogens is 2. The number of hydrogen-bond donors (Lipinski definition) is 1. The van der Waals surface area contributed by atoms with Gasteiger partial charge in [-0.25, -0.2) is 0 Å². The fourth-order valence-corrected chi connectivity index (χ4v) is 2.36. The number of alkyl halides is 2. The lowest BCUT2D eigenvalue weighted by atomic mass is 9.94. The van der Waals surface area contributed by atoms with E-state index >= 15 is 0 Å². The van der Waals surface area contributed by atoms with Crippen LogP contribution < -0.4 is 10.5 Å². The zero-order valence-corrected chi connectivity index (χ0v) is 10.3. The van der Waals surface area contributed by atoms with Gasteiger partial charge in [0.1, 0.15) is 5.75 Å². The highest BCUT2D eigenvalue weighted by atomic mass is 19.3. The summed E-state index contributed by atoms with van der Waals surface area (Å²) in [6.45, 7) is 2.99. The van der Waals surface area contributed by atoms with Gasteiger partial charge in [0.25, 0.3) is 0 Å². The Hall–Kier alpha value is -1.16. The van der Waals surface area contributed by atoms with Crippen LogP contribution in [-0.4, -0.2) is 6.61 Å². The standard InChI is InChI=1S/C13H17F2NO/c1-8-5-4-6-9(10(8)17-11(14)15)13(16)7-12(13,2)3/h4-6,11H,7,16H2,1-3H3. The van der Waals surface area contributed by atoms with Gasteiger partial charge >= 0.3 is 6.61 Å². The average Bonchev–Trinajstić information content (AvgIpc) is 2.70. The molecule has 94 valence electrons. The molecule has 2 rings (SSSR count). The summed E-state index contributed by atoms with van der Waals surface area (Å²) in [7, 11) is 0. The van der Waals surface area contributed by atoms with Crippen LogP contribution >= 0.6 is 0 Å². The molecule has 0 spiro atoms. The highest BCUT2D eigenvalue weighted by molar-refractivity contribution is 5.49. The Kier molecular flexibility index (Phi) is 2.65. The minimum absolute atomic E-state index is 0.0684. The second-order valence-corrected chi connectivity index (χ2v) is 5.36. The van der Waals surface area contributed by atoms with E-state index in [1.807, 2.05) is 19.9 Å². The number of rotatable bonds is 3. The highest BCUT2D eigenvalue weighted by Crippen LogP contribution is 2.62. The molecule has 1 aliphatic carbocycles. The smallest absolute Gasteiger partial charge is 0.387 e. The van der Waals surface area contributed by atoms with Crippen molar-refractivity contribution in [3.05, 3.63) is 29.3 Å². The molecule has 1 aliphatic rings. The van der Waals surface area contributed by atoms with E-state index in [1.54, 1.807) is 19.1 Å². The second-order valence-electron chi connectivity index (χ2n) is 5.36. The molecule has 0 heterocycles. The molecule has 0 radical (unpaired) electrons. The average molecular weight is 241 g/mol. The van der Waals surface area contributed by atoms with Gasteiger partial charge in [0.2, 0.25) is 0 Å². The maximum absolute atomic E-state index is 12.4. The molecule has 2 nitrogen and oxygen atoms in total. The van der Waals surface area contributed by atoms with Crippen LogP contribution in [0.25, 0.3) is 0 Å². The Morgan fingerprint density at radius 2 is 1.94 bits per heavy atom. The van der Waals surface area contributed by atoms with Crippen LogP contribution in [0.2, 0.25) is 0 Å². The predicted molar refractivity (Wildman–Crippen MR) is 62.1 cm³/mol. The molecule has 1 atom stereocenters. The summed E-state index contributed by atoms with van der Waals surface area (Å²) in [5.41, 5.74) is 7.02. The molecule has 0 aromatic heterocycles. The van der Waals surface area contributed by atoms with Crippen LogP contribution in [0, 0.1) is 12.3 Å². The van der Waals surface area contributed by atoms with Crippen LogP contribution in [-0.2, 0) is 5.54 Å². The van der Waals surface area contributed by atoms with E-state index in [-0.39, 0.29) is 11.2 Å². The first kappa shape index (κ1) is 12.3. The van der Waals surface area contributed by atoms with E-state index in [2.05, 4.69) is 4.74 Å². The van der Waals surface area contributed by atoms with Crippen molar-refractivity contribution in [1.82, 2.24) is 0 Å². The number of ether oxygens (including phenoxy) is 1. The normalized spacial score (nSPS) is 26.1. The summed E-state index contributed by atoms with van der Waals surface area (Å²) < 4.78 is 29.5. The monoisotopic (exact) mass is 241 g/mol. The zero-order chi connectivity index (χ0) is 12.8. The second kappa shape index (κ2) is 3.67. The minimum atomic E-state index is -2.82. The molecular weight excluding hydrogens is 224 g/mol. The molecular formula is C13H17F2NO. The van der Waals surface area contributed by atoms with Crippen molar-refractivity contribution < 1.29 is 13.5 Å². The Morgan fingerprint density at radius 3 is 2.41 bits per heavy atom. The van der Waals surface area contributed by atoms with Crippen molar-refractivity contribution in [3.8, 4) is 5.75 Å². The van der Waals surface area contributed by atoms with Gasteiger partial charge in [-0.1, -0.05) is 32.0 Å². The maximum Gasteiger partial charge on any atom is 0.387 e.